The van der Waals surface area contributed by atoms with Crippen LogP contribution in [0, 0.1) is 5.82 Å². The van der Waals surface area contributed by atoms with Crippen molar-refractivity contribution in [1.29, 1.82) is 0 Å². The van der Waals surface area contributed by atoms with Gasteiger partial charge in [0.05, 0.1) is 13.2 Å². The fraction of sp³-hybridized carbons (Fsp3) is 0.500. The van der Waals surface area contributed by atoms with Crippen molar-refractivity contribution in [1.82, 2.24) is 20.5 Å². The van der Waals surface area contributed by atoms with Gasteiger partial charge in [0.1, 0.15) is 5.75 Å². The highest BCUT2D eigenvalue weighted by Gasteiger charge is 2.28. The molecule has 0 aliphatic carbocycles. The Morgan fingerprint density at radius 2 is 2.03 bits per heavy atom. The SMILES string of the molecule is CN=C(NCC(c1ccccc1OC)N1CCCC1)NC1CCN(c2ncccc2F)C1. The average Bonchev–Trinajstić information content (AvgIpc) is 3.52. The minimum Gasteiger partial charge on any atom is -0.496 e. The topological polar surface area (TPSA) is 65.0 Å². The van der Waals surface area contributed by atoms with E-state index in [2.05, 4.69) is 37.6 Å². The van der Waals surface area contributed by atoms with Crippen LogP contribution in [0.15, 0.2) is 47.6 Å². The molecular weight excluding hydrogens is 407 g/mol. The number of hydrogen-bond acceptors (Lipinski definition) is 5. The lowest BCUT2D eigenvalue weighted by atomic mass is 10.0. The van der Waals surface area contributed by atoms with Gasteiger partial charge in [-0.15, -0.1) is 0 Å². The third kappa shape index (κ3) is 5.12. The lowest BCUT2D eigenvalue weighted by Crippen LogP contribution is -2.47. The molecular formula is C24H33FN6O. The normalized spacial score (nSPS) is 20.4. The van der Waals surface area contributed by atoms with Gasteiger partial charge in [-0.1, -0.05) is 18.2 Å². The van der Waals surface area contributed by atoms with Crippen molar-refractivity contribution in [3.63, 3.8) is 0 Å². The molecule has 8 heteroatoms. The van der Waals surface area contributed by atoms with Crippen LogP contribution in [0.3, 0.4) is 0 Å². The Balaban J connectivity index is 1.39. The summed E-state index contributed by atoms with van der Waals surface area (Å²) in [4.78, 5) is 13.1. The molecule has 0 radical (unpaired) electrons. The number of anilines is 1. The molecule has 4 rings (SSSR count). The number of aliphatic imine (C=N–C) groups is 1. The Bertz CT molecular complexity index is 917. The maximum atomic E-state index is 14.1. The van der Waals surface area contributed by atoms with Crippen LogP contribution in [-0.2, 0) is 0 Å². The summed E-state index contributed by atoms with van der Waals surface area (Å²) < 4.78 is 19.8. The van der Waals surface area contributed by atoms with Crippen LogP contribution in [0.2, 0.25) is 0 Å². The first-order valence-electron chi connectivity index (χ1n) is 11.4. The van der Waals surface area contributed by atoms with E-state index in [-0.39, 0.29) is 17.9 Å². The lowest BCUT2D eigenvalue weighted by Gasteiger charge is -2.30. The number of guanidine groups is 1. The van der Waals surface area contributed by atoms with Crippen molar-refractivity contribution in [2.45, 2.75) is 31.3 Å². The van der Waals surface area contributed by atoms with Crippen molar-refractivity contribution in [2.75, 3.05) is 51.8 Å². The van der Waals surface area contributed by atoms with Crippen LogP contribution >= 0.6 is 0 Å². The van der Waals surface area contributed by atoms with E-state index in [9.17, 15) is 4.39 Å². The molecule has 172 valence electrons. The van der Waals surface area contributed by atoms with Gasteiger partial charge in [0, 0.05) is 44.5 Å². The molecule has 1 aromatic heterocycles. The molecule has 2 aliphatic heterocycles. The summed E-state index contributed by atoms with van der Waals surface area (Å²) in [6.45, 7) is 4.36. The molecule has 1 aromatic carbocycles. The summed E-state index contributed by atoms with van der Waals surface area (Å²) in [6, 6.07) is 11.7. The molecule has 2 aliphatic rings. The maximum Gasteiger partial charge on any atom is 0.191 e. The molecule has 2 atom stereocenters. The van der Waals surface area contributed by atoms with Crippen molar-refractivity contribution >= 4 is 11.8 Å². The standard InChI is InChI=1S/C24H33FN6O/c1-26-24(29-18-11-15-31(17-18)23-20(25)9-7-12-27-23)28-16-21(30-13-5-6-14-30)19-8-3-4-10-22(19)32-2/h3-4,7-10,12,18,21H,5-6,11,13-17H2,1-2H3,(H2,26,28,29). The number of pyridine rings is 1. The number of para-hydroxylation sites is 1. The van der Waals surface area contributed by atoms with Crippen LogP contribution in [0.5, 0.6) is 5.75 Å². The summed E-state index contributed by atoms with van der Waals surface area (Å²) in [5, 5.41) is 7.03. The largest absolute Gasteiger partial charge is 0.496 e. The van der Waals surface area contributed by atoms with Gasteiger partial charge in [-0.3, -0.25) is 9.89 Å². The fourth-order valence-corrected chi connectivity index (χ4v) is 4.69. The van der Waals surface area contributed by atoms with Gasteiger partial charge in [0.25, 0.3) is 0 Å². The first-order valence-corrected chi connectivity index (χ1v) is 11.4. The summed E-state index contributed by atoms with van der Waals surface area (Å²) in [5.74, 6) is 1.82. The van der Waals surface area contributed by atoms with E-state index in [1.807, 2.05) is 17.0 Å². The third-order valence-corrected chi connectivity index (χ3v) is 6.33. The van der Waals surface area contributed by atoms with Gasteiger partial charge < -0.3 is 20.3 Å². The molecule has 2 fully saturated rings. The van der Waals surface area contributed by atoms with Gasteiger partial charge in [0.15, 0.2) is 17.6 Å². The van der Waals surface area contributed by atoms with Gasteiger partial charge >= 0.3 is 0 Å². The minimum atomic E-state index is -0.277. The van der Waals surface area contributed by atoms with Crippen molar-refractivity contribution in [2.24, 2.45) is 4.99 Å². The Labute approximate surface area is 189 Å². The highest BCUT2D eigenvalue weighted by Crippen LogP contribution is 2.31. The van der Waals surface area contributed by atoms with Crippen LogP contribution in [0.25, 0.3) is 0 Å². The van der Waals surface area contributed by atoms with Gasteiger partial charge in [-0.05, 0) is 50.6 Å². The Morgan fingerprint density at radius 1 is 1.22 bits per heavy atom. The summed E-state index contributed by atoms with van der Waals surface area (Å²) in [7, 11) is 3.51. The zero-order chi connectivity index (χ0) is 22.3. The number of ether oxygens (including phenoxy) is 1. The third-order valence-electron chi connectivity index (χ3n) is 6.33. The average molecular weight is 441 g/mol. The molecule has 7 nitrogen and oxygen atoms in total. The summed E-state index contributed by atoms with van der Waals surface area (Å²) >= 11 is 0. The zero-order valence-corrected chi connectivity index (χ0v) is 18.9. The number of halogens is 1. The minimum absolute atomic E-state index is 0.180. The number of likely N-dealkylation sites (tertiary alicyclic amines) is 1. The number of nitrogens with zero attached hydrogens (tertiary/aromatic N) is 4. The molecule has 2 unspecified atom stereocenters. The predicted octanol–water partition coefficient (Wildman–Crippen LogP) is 2.81. The quantitative estimate of drug-likeness (QED) is 0.510. The highest BCUT2D eigenvalue weighted by molar-refractivity contribution is 5.80. The summed E-state index contributed by atoms with van der Waals surface area (Å²) in [5.41, 5.74) is 1.19. The smallest absolute Gasteiger partial charge is 0.191 e. The fourth-order valence-electron chi connectivity index (χ4n) is 4.69. The van der Waals surface area contributed by atoms with E-state index in [0.29, 0.717) is 12.4 Å². The lowest BCUT2D eigenvalue weighted by molar-refractivity contribution is 0.239. The number of rotatable bonds is 7. The van der Waals surface area contributed by atoms with Crippen LogP contribution in [0.1, 0.15) is 30.9 Å². The second-order valence-corrected chi connectivity index (χ2v) is 8.34. The van der Waals surface area contributed by atoms with Crippen molar-refractivity contribution in [3.8, 4) is 5.75 Å². The Kier molecular flexibility index (Phi) is 7.42. The number of hydrogen-bond donors (Lipinski definition) is 2. The number of benzene rings is 1. The molecule has 2 aromatic rings. The molecule has 0 spiro atoms. The van der Waals surface area contributed by atoms with E-state index < -0.39 is 0 Å². The molecule has 0 bridgehead atoms. The molecule has 2 saturated heterocycles. The van der Waals surface area contributed by atoms with E-state index >= 15 is 0 Å². The van der Waals surface area contributed by atoms with E-state index in [0.717, 1.165) is 44.3 Å². The maximum absolute atomic E-state index is 14.1. The van der Waals surface area contributed by atoms with E-state index in [4.69, 9.17) is 4.74 Å². The van der Waals surface area contributed by atoms with Crippen LogP contribution < -0.4 is 20.3 Å². The molecule has 2 N–H and O–H groups in total. The predicted molar refractivity (Wildman–Crippen MR) is 126 cm³/mol. The Morgan fingerprint density at radius 3 is 2.78 bits per heavy atom. The number of aromatic nitrogens is 1. The zero-order valence-electron chi connectivity index (χ0n) is 18.9. The molecule has 32 heavy (non-hydrogen) atoms. The first kappa shape index (κ1) is 22.3. The number of methoxy groups -OCH3 is 1. The van der Waals surface area contributed by atoms with E-state index in [1.54, 1.807) is 26.4 Å². The second-order valence-electron chi connectivity index (χ2n) is 8.34. The Hall–Kier alpha value is -2.87. The highest BCUT2D eigenvalue weighted by atomic mass is 19.1. The second kappa shape index (κ2) is 10.6. The van der Waals surface area contributed by atoms with Crippen molar-refractivity contribution < 1.29 is 9.13 Å². The van der Waals surface area contributed by atoms with Gasteiger partial charge in [0.2, 0.25) is 0 Å². The summed E-state index contributed by atoms with van der Waals surface area (Å²) in [6.07, 6.45) is 4.98. The van der Waals surface area contributed by atoms with Crippen molar-refractivity contribution in [3.05, 3.63) is 54.0 Å². The molecule has 3 heterocycles. The van der Waals surface area contributed by atoms with Gasteiger partial charge in [-0.2, -0.15) is 0 Å². The molecule has 0 amide bonds. The number of nitrogens with one attached hydrogen (secondary N) is 2. The van der Waals surface area contributed by atoms with Crippen LogP contribution in [-0.4, -0.2) is 68.8 Å². The van der Waals surface area contributed by atoms with E-state index in [1.165, 1.54) is 24.5 Å². The first-order chi connectivity index (χ1) is 15.7. The monoisotopic (exact) mass is 440 g/mol. The van der Waals surface area contributed by atoms with Crippen LogP contribution in [0.4, 0.5) is 10.2 Å². The van der Waals surface area contributed by atoms with Gasteiger partial charge in [-0.25, -0.2) is 9.37 Å². The molecule has 0 saturated carbocycles.